The van der Waals surface area contributed by atoms with E-state index in [-0.39, 0.29) is 0 Å². The Morgan fingerprint density at radius 1 is 1.24 bits per heavy atom. The molecule has 2 aromatic heterocycles. The number of ether oxygens (including phenoxy) is 1. The van der Waals surface area contributed by atoms with Gasteiger partial charge in [-0.15, -0.1) is 5.10 Å². The minimum Gasteiger partial charge on any atom is -0.494 e. The van der Waals surface area contributed by atoms with Crippen molar-refractivity contribution in [2.24, 2.45) is 5.73 Å². The molecule has 1 aromatic carbocycles. The molecule has 1 fully saturated rings. The Labute approximate surface area is 169 Å². The predicted octanol–water partition coefficient (Wildman–Crippen LogP) is 3.43. The largest absolute Gasteiger partial charge is 0.494 e. The summed E-state index contributed by atoms with van der Waals surface area (Å²) in [5.74, 6) is 1.53. The van der Waals surface area contributed by atoms with Crippen molar-refractivity contribution in [2.45, 2.75) is 44.7 Å². The van der Waals surface area contributed by atoms with E-state index in [1.807, 2.05) is 37.3 Å². The van der Waals surface area contributed by atoms with Crippen LogP contribution in [-0.2, 0) is 0 Å². The van der Waals surface area contributed by atoms with Crippen LogP contribution < -0.4 is 21.1 Å². The summed E-state index contributed by atoms with van der Waals surface area (Å²) in [7, 11) is 0. The van der Waals surface area contributed by atoms with E-state index < -0.39 is 0 Å². The molecule has 0 saturated heterocycles. The van der Waals surface area contributed by atoms with E-state index in [0.717, 1.165) is 42.8 Å². The van der Waals surface area contributed by atoms with Crippen LogP contribution in [0.3, 0.4) is 0 Å². The molecular formula is C21H25N7O. The van der Waals surface area contributed by atoms with Gasteiger partial charge in [0, 0.05) is 23.8 Å². The number of benzene rings is 1. The molecule has 0 radical (unpaired) electrons. The van der Waals surface area contributed by atoms with Gasteiger partial charge in [-0.25, -0.2) is 4.98 Å². The molecule has 0 amide bonds. The molecule has 0 atom stereocenters. The summed E-state index contributed by atoms with van der Waals surface area (Å²) in [6, 6.07) is 12.4. The van der Waals surface area contributed by atoms with Gasteiger partial charge in [-0.1, -0.05) is 0 Å². The summed E-state index contributed by atoms with van der Waals surface area (Å²) in [6.45, 7) is 2.59. The highest BCUT2D eigenvalue weighted by Crippen LogP contribution is 2.27. The van der Waals surface area contributed by atoms with E-state index in [0.29, 0.717) is 35.8 Å². The van der Waals surface area contributed by atoms with Gasteiger partial charge in [0.25, 0.3) is 0 Å². The fourth-order valence-corrected chi connectivity index (χ4v) is 3.64. The van der Waals surface area contributed by atoms with E-state index in [1.54, 1.807) is 4.52 Å². The van der Waals surface area contributed by atoms with Crippen LogP contribution in [0.15, 0.2) is 36.5 Å². The number of nitrogens with one attached hydrogen (secondary N) is 2. The lowest BCUT2D eigenvalue weighted by molar-refractivity contribution is 0.340. The lowest BCUT2D eigenvalue weighted by Crippen LogP contribution is -2.33. The molecule has 4 N–H and O–H groups in total. The van der Waals surface area contributed by atoms with Crippen LogP contribution in [0, 0.1) is 11.3 Å². The first-order valence-corrected chi connectivity index (χ1v) is 9.97. The van der Waals surface area contributed by atoms with Gasteiger partial charge in [0.1, 0.15) is 17.6 Å². The highest BCUT2D eigenvalue weighted by molar-refractivity contribution is 5.76. The second-order valence-corrected chi connectivity index (χ2v) is 7.27. The lowest BCUT2D eigenvalue weighted by atomic mass is 9.92. The maximum atomic E-state index is 9.41. The minimum absolute atomic E-state index is 0.291. The van der Waals surface area contributed by atoms with Crippen molar-refractivity contribution < 1.29 is 4.74 Å². The number of fused-ring (bicyclic) bond motifs is 1. The third-order valence-corrected chi connectivity index (χ3v) is 5.15. The van der Waals surface area contributed by atoms with Crippen molar-refractivity contribution >= 4 is 22.8 Å². The van der Waals surface area contributed by atoms with Gasteiger partial charge >= 0.3 is 0 Å². The second kappa shape index (κ2) is 8.37. The van der Waals surface area contributed by atoms with Crippen molar-refractivity contribution in [2.75, 3.05) is 17.2 Å². The zero-order valence-corrected chi connectivity index (χ0v) is 16.4. The Bertz CT molecular complexity index is 1010. The number of nitrogens with two attached hydrogens (primary N) is 1. The Morgan fingerprint density at radius 2 is 2.00 bits per heavy atom. The summed E-state index contributed by atoms with van der Waals surface area (Å²) in [4.78, 5) is 4.38. The third kappa shape index (κ3) is 4.25. The number of hydrogen-bond acceptors (Lipinski definition) is 7. The van der Waals surface area contributed by atoms with Crippen LogP contribution in [0.25, 0.3) is 5.65 Å². The number of anilines is 3. The third-order valence-electron chi connectivity index (χ3n) is 5.15. The fourth-order valence-electron chi connectivity index (χ4n) is 3.64. The summed E-state index contributed by atoms with van der Waals surface area (Å²) in [5.41, 5.74) is 8.69. The Balaban J connectivity index is 1.63. The molecule has 8 nitrogen and oxygen atoms in total. The van der Waals surface area contributed by atoms with E-state index >= 15 is 0 Å². The van der Waals surface area contributed by atoms with Gasteiger partial charge in [-0.2, -0.15) is 9.78 Å². The van der Waals surface area contributed by atoms with Gasteiger partial charge in [0.15, 0.2) is 11.3 Å². The fraction of sp³-hybridized carbons (Fsp3) is 0.381. The molecule has 29 heavy (non-hydrogen) atoms. The molecule has 8 heteroatoms. The van der Waals surface area contributed by atoms with Gasteiger partial charge in [0.2, 0.25) is 0 Å². The topological polar surface area (TPSA) is 113 Å². The highest BCUT2D eigenvalue weighted by Gasteiger charge is 2.20. The molecular weight excluding hydrogens is 366 g/mol. The van der Waals surface area contributed by atoms with Crippen molar-refractivity contribution in [1.82, 2.24) is 14.6 Å². The second-order valence-electron chi connectivity index (χ2n) is 7.27. The molecule has 1 aliphatic rings. The number of aromatic nitrogens is 3. The van der Waals surface area contributed by atoms with Crippen LogP contribution in [-0.4, -0.2) is 33.3 Å². The molecule has 2 heterocycles. The van der Waals surface area contributed by atoms with Gasteiger partial charge in [0.05, 0.1) is 18.5 Å². The maximum absolute atomic E-state index is 9.41. The first kappa shape index (κ1) is 19.0. The van der Waals surface area contributed by atoms with Crippen molar-refractivity contribution in [3.05, 3.63) is 42.2 Å². The predicted molar refractivity (Wildman–Crippen MR) is 112 cm³/mol. The molecule has 3 aromatic rings. The van der Waals surface area contributed by atoms with Gasteiger partial charge in [-0.05, 0) is 56.9 Å². The molecule has 0 bridgehead atoms. The van der Waals surface area contributed by atoms with Crippen molar-refractivity contribution in [3.8, 4) is 11.8 Å². The van der Waals surface area contributed by atoms with Crippen molar-refractivity contribution in [1.29, 1.82) is 5.26 Å². The summed E-state index contributed by atoms with van der Waals surface area (Å²) in [6.07, 6.45) is 5.57. The van der Waals surface area contributed by atoms with Crippen LogP contribution >= 0.6 is 0 Å². The van der Waals surface area contributed by atoms with E-state index in [9.17, 15) is 5.26 Å². The average molecular weight is 391 g/mol. The summed E-state index contributed by atoms with van der Waals surface area (Å²) < 4.78 is 7.08. The Morgan fingerprint density at radius 3 is 2.69 bits per heavy atom. The Hall–Kier alpha value is -3.31. The molecule has 0 aliphatic heterocycles. The number of hydrogen-bond donors (Lipinski definition) is 3. The quantitative estimate of drug-likeness (QED) is 0.590. The molecule has 150 valence electrons. The number of imidazole rings is 1. The molecule has 4 rings (SSSR count). The van der Waals surface area contributed by atoms with Crippen LogP contribution in [0.4, 0.5) is 17.2 Å². The zero-order valence-electron chi connectivity index (χ0n) is 16.4. The SMILES string of the molecule is CCOc1ccc(Nc2cc(NC3CCC(N)CC3)nn3c(C#N)cnc23)cc1. The van der Waals surface area contributed by atoms with Crippen LogP contribution in [0.1, 0.15) is 38.3 Å². The molecule has 0 spiro atoms. The number of rotatable bonds is 6. The number of nitriles is 1. The van der Waals surface area contributed by atoms with Crippen LogP contribution in [0.5, 0.6) is 5.75 Å². The minimum atomic E-state index is 0.291. The maximum Gasteiger partial charge on any atom is 0.178 e. The monoisotopic (exact) mass is 391 g/mol. The number of nitrogens with zero attached hydrogens (tertiary/aromatic N) is 4. The molecule has 0 unspecified atom stereocenters. The summed E-state index contributed by atoms with van der Waals surface area (Å²) >= 11 is 0. The van der Waals surface area contributed by atoms with Crippen molar-refractivity contribution in [3.63, 3.8) is 0 Å². The normalized spacial score (nSPS) is 18.9. The van der Waals surface area contributed by atoms with Gasteiger partial charge < -0.3 is 21.1 Å². The Kier molecular flexibility index (Phi) is 5.49. The molecule has 1 saturated carbocycles. The zero-order chi connectivity index (χ0) is 20.2. The van der Waals surface area contributed by atoms with E-state index in [1.165, 1.54) is 6.20 Å². The van der Waals surface area contributed by atoms with E-state index in [4.69, 9.17) is 10.5 Å². The lowest BCUT2D eigenvalue weighted by Gasteiger charge is -2.27. The molecule has 1 aliphatic carbocycles. The first-order valence-electron chi connectivity index (χ1n) is 9.97. The standard InChI is InChI=1S/C21H25N7O/c1-2-29-18-9-7-15(8-10-18)25-19-11-20(26-16-5-3-14(23)4-6-16)27-28-17(12-22)13-24-21(19)28/h7-11,13-14,16,25H,2-6,23H2,1H3,(H,26,27). The summed E-state index contributed by atoms with van der Waals surface area (Å²) in [5, 5.41) is 20.9. The van der Waals surface area contributed by atoms with Crippen LogP contribution in [0.2, 0.25) is 0 Å². The first-order chi connectivity index (χ1) is 14.2. The average Bonchev–Trinajstić information content (AvgIpc) is 3.15. The van der Waals surface area contributed by atoms with E-state index in [2.05, 4.69) is 26.8 Å². The van der Waals surface area contributed by atoms with Gasteiger partial charge in [-0.3, -0.25) is 0 Å². The highest BCUT2D eigenvalue weighted by atomic mass is 16.5. The smallest absolute Gasteiger partial charge is 0.178 e.